The van der Waals surface area contributed by atoms with Crippen LogP contribution in [0.2, 0.25) is 0 Å². The molecule has 18 heavy (non-hydrogen) atoms. The number of anilines is 1. The molecule has 2 rings (SSSR count). The largest absolute Gasteiger partial charge is 0.491 e. The molecule has 2 nitrogen and oxygen atoms in total. The van der Waals surface area contributed by atoms with Crippen molar-refractivity contribution in [2.24, 2.45) is 0 Å². The van der Waals surface area contributed by atoms with Gasteiger partial charge in [0.2, 0.25) is 0 Å². The van der Waals surface area contributed by atoms with Crippen molar-refractivity contribution in [3.05, 3.63) is 23.8 Å². The van der Waals surface area contributed by atoms with Crippen LogP contribution in [0.1, 0.15) is 32.8 Å². The normalized spacial score (nSPS) is 23.4. The predicted octanol–water partition coefficient (Wildman–Crippen LogP) is 4.09. The van der Waals surface area contributed by atoms with Crippen molar-refractivity contribution in [1.29, 1.82) is 0 Å². The topological polar surface area (TPSA) is 21.3 Å². The second kappa shape index (κ2) is 5.87. The van der Waals surface area contributed by atoms with E-state index in [0.717, 1.165) is 5.75 Å². The molecule has 1 heterocycles. The van der Waals surface area contributed by atoms with Gasteiger partial charge >= 0.3 is 0 Å². The van der Waals surface area contributed by atoms with Gasteiger partial charge in [-0.1, -0.05) is 6.92 Å². The molecule has 1 N–H and O–H groups in total. The van der Waals surface area contributed by atoms with E-state index >= 15 is 0 Å². The molecule has 100 valence electrons. The lowest BCUT2D eigenvalue weighted by molar-refractivity contribution is 0.242. The Labute approximate surface area is 114 Å². The van der Waals surface area contributed by atoms with Crippen LogP contribution < -0.4 is 10.1 Å². The third-order valence-electron chi connectivity index (χ3n) is 3.29. The standard InChI is InChI=1S/C15H23NOS/c1-10(2)17-13-5-6-14(11(3)9-13)16-15-7-8-18-12(15)4/h5-6,9-10,12,15-16H,7-8H2,1-4H3. The Morgan fingerprint density at radius 3 is 2.72 bits per heavy atom. The number of hydrogen-bond donors (Lipinski definition) is 1. The van der Waals surface area contributed by atoms with Crippen molar-refractivity contribution in [2.75, 3.05) is 11.1 Å². The minimum absolute atomic E-state index is 0.231. The zero-order chi connectivity index (χ0) is 13.1. The van der Waals surface area contributed by atoms with Crippen LogP contribution in [0.15, 0.2) is 18.2 Å². The lowest BCUT2D eigenvalue weighted by atomic mass is 10.1. The Morgan fingerprint density at radius 2 is 2.17 bits per heavy atom. The van der Waals surface area contributed by atoms with Gasteiger partial charge < -0.3 is 10.1 Å². The molecule has 0 radical (unpaired) electrons. The summed E-state index contributed by atoms with van der Waals surface area (Å²) in [5.41, 5.74) is 2.50. The third-order valence-corrected chi connectivity index (χ3v) is 4.61. The maximum Gasteiger partial charge on any atom is 0.120 e. The van der Waals surface area contributed by atoms with Gasteiger partial charge in [0.1, 0.15) is 5.75 Å². The molecule has 2 unspecified atom stereocenters. The maximum absolute atomic E-state index is 5.71. The van der Waals surface area contributed by atoms with E-state index in [1.807, 2.05) is 0 Å². The molecule has 0 bridgehead atoms. The molecule has 0 spiro atoms. The van der Waals surface area contributed by atoms with Crippen LogP contribution in [0.3, 0.4) is 0 Å². The molecule has 1 fully saturated rings. The first-order valence-electron chi connectivity index (χ1n) is 6.71. The fourth-order valence-corrected chi connectivity index (χ4v) is 3.46. The Kier molecular flexibility index (Phi) is 4.44. The second-order valence-electron chi connectivity index (χ2n) is 5.26. The molecule has 1 aromatic carbocycles. The summed E-state index contributed by atoms with van der Waals surface area (Å²) in [4.78, 5) is 0. The number of nitrogens with one attached hydrogen (secondary N) is 1. The SMILES string of the molecule is Cc1cc(OC(C)C)ccc1NC1CCSC1C. The van der Waals surface area contributed by atoms with E-state index < -0.39 is 0 Å². The lowest BCUT2D eigenvalue weighted by Crippen LogP contribution is -2.25. The Morgan fingerprint density at radius 1 is 1.39 bits per heavy atom. The van der Waals surface area contributed by atoms with Crippen LogP contribution in [0, 0.1) is 6.92 Å². The van der Waals surface area contributed by atoms with Gasteiger partial charge in [-0.3, -0.25) is 0 Å². The van der Waals surface area contributed by atoms with Crippen LogP contribution in [-0.2, 0) is 0 Å². The van der Waals surface area contributed by atoms with Crippen molar-refractivity contribution < 1.29 is 4.74 Å². The molecular formula is C15H23NOS. The summed E-state index contributed by atoms with van der Waals surface area (Å²) in [5, 5.41) is 4.37. The molecule has 0 aromatic heterocycles. The monoisotopic (exact) mass is 265 g/mol. The summed E-state index contributed by atoms with van der Waals surface area (Å²) in [5.74, 6) is 2.23. The second-order valence-corrected chi connectivity index (χ2v) is 6.74. The first-order valence-corrected chi connectivity index (χ1v) is 7.76. The van der Waals surface area contributed by atoms with Gasteiger partial charge in [0.15, 0.2) is 0 Å². The highest BCUT2D eigenvalue weighted by Gasteiger charge is 2.23. The van der Waals surface area contributed by atoms with Gasteiger partial charge in [0.25, 0.3) is 0 Å². The zero-order valence-electron chi connectivity index (χ0n) is 11.7. The molecule has 0 amide bonds. The minimum Gasteiger partial charge on any atom is -0.491 e. The van der Waals surface area contributed by atoms with E-state index in [4.69, 9.17) is 4.74 Å². The summed E-state index contributed by atoms with van der Waals surface area (Å²) >= 11 is 2.05. The Bertz CT molecular complexity index is 405. The molecular weight excluding hydrogens is 242 g/mol. The van der Waals surface area contributed by atoms with Gasteiger partial charge in [0.05, 0.1) is 6.10 Å². The molecule has 0 aliphatic carbocycles. The first kappa shape index (κ1) is 13.6. The Balaban J connectivity index is 2.05. The van der Waals surface area contributed by atoms with Gasteiger partial charge in [-0.05, 0) is 56.7 Å². The fraction of sp³-hybridized carbons (Fsp3) is 0.600. The number of rotatable bonds is 4. The van der Waals surface area contributed by atoms with E-state index in [2.05, 4.69) is 63.0 Å². The molecule has 0 saturated carbocycles. The summed E-state index contributed by atoms with van der Waals surface area (Å²) in [6, 6.07) is 6.92. The highest BCUT2D eigenvalue weighted by molar-refractivity contribution is 8.00. The first-order chi connectivity index (χ1) is 8.56. The number of aryl methyl sites for hydroxylation is 1. The Hall–Kier alpha value is -0.830. The maximum atomic E-state index is 5.71. The van der Waals surface area contributed by atoms with Crippen molar-refractivity contribution in [3.8, 4) is 5.75 Å². The van der Waals surface area contributed by atoms with Gasteiger partial charge in [-0.2, -0.15) is 11.8 Å². The van der Waals surface area contributed by atoms with Crippen LogP contribution in [0.5, 0.6) is 5.75 Å². The summed E-state index contributed by atoms with van der Waals surface area (Å²) in [6.45, 7) is 8.56. The summed E-state index contributed by atoms with van der Waals surface area (Å²) < 4.78 is 5.71. The van der Waals surface area contributed by atoms with Crippen LogP contribution >= 0.6 is 11.8 Å². The number of benzene rings is 1. The van der Waals surface area contributed by atoms with E-state index in [9.17, 15) is 0 Å². The number of ether oxygens (including phenoxy) is 1. The van der Waals surface area contributed by atoms with Crippen molar-refractivity contribution in [2.45, 2.75) is 51.5 Å². The van der Waals surface area contributed by atoms with E-state index in [0.29, 0.717) is 11.3 Å². The third kappa shape index (κ3) is 3.35. The van der Waals surface area contributed by atoms with E-state index in [1.165, 1.54) is 23.4 Å². The molecule has 2 atom stereocenters. The summed E-state index contributed by atoms with van der Waals surface area (Å²) in [7, 11) is 0. The van der Waals surface area contributed by atoms with E-state index in [-0.39, 0.29) is 6.10 Å². The fourth-order valence-electron chi connectivity index (χ4n) is 2.26. The molecule has 1 saturated heterocycles. The van der Waals surface area contributed by atoms with Gasteiger partial charge in [-0.15, -0.1) is 0 Å². The van der Waals surface area contributed by atoms with Crippen molar-refractivity contribution in [3.63, 3.8) is 0 Å². The van der Waals surface area contributed by atoms with E-state index in [1.54, 1.807) is 0 Å². The van der Waals surface area contributed by atoms with Gasteiger partial charge in [0, 0.05) is 17.0 Å². The highest BCUT2D eigenvalue weighted by atomic mass is 32.2. The average molecular weight is 265 g/mol. The van der Waals surface area contributed by atoms with Crippen molar-refractivity contribution in [1.82, 2.24) is 0 Å². The molecule has 3 heteroatoms. The van der Waals surface area contributed by atoms with Crippen LogP contribution in [0.25, 0.3) is 0 Å². The van der Waals surface area contributed by atoms with Crippen molar-refractivity contribution >= 4 is 17.4 Å². The molecule has 1 aliphatic heterocycles. The summed E-state index contributed by atoms with van der Waals surface area (Å²) in [6.07, 6.45) is 1.49. The lowest BCUT2D eigenvalue weighted by Gasteiger charge is -2.20. The van der Waals surface area contributed by atoms with Crippen LogP contribution in [0.4, 0.5) is 5.69 Å². The average Bonchev–Trinajstić information content (AvgIpc) is 2.67. The molecule has 1 aromatic rings. The minimum atomic E-state index is 0.231. The van der Waals surface area contributed by atoms with Gasteiger partial charge in [-0.25, -0.2) is 0 Å². The number of thioether (sulfide) groups is 1. The zero-order valence-corrected chi connectivity index (χ0v) is 12.5. The predicted molar refractivity (Wildman–Crippen MR) is 80.9 cm³/mol. The van der Waals surface area contributed by atoms with Crippen LogP contribution in [-0.4, -0.2) is 23.1 Å². The molecule has 1 aliphatic rings. The highest BCUT2D eigenvalue weighted by Crippen LogP contribution is 2.30. The smallest absolute Gasteiger partial charge is 0.120 e. The number of hydrogen-bond acceptors (Lipinski definition) is 3. The quantitative estimate of drug-likeness (QED) is 0.886.